The minimum atomic E-state index is -0.112. The van der Waals surface area contributed by atoms with E-state index in [1.165, 1.54) is 16.9 Å². The molecule has 1 heterocycles. The van der Waals surface area contributed by atoms with E-state index in [2.05, 4.69) is 12.1 Å². The molecule has 0 saturated heterocycles. The third-order valence-corrected chi connectivity index (χ3v) is 5.16. The van der Waals surface area contributed by atoms with Crippen molar-refractivity contribution in [1.29, 1.82) is 0 Å². The van der Waals surface area contributed by atoms with Crippen molar-refractivity contribution >= 4 is 23.0 Å². The van der Waals surface area contributed by atoms with Gasteiger partial charge in [-0.3, -0.25) is 9.59 Å². The average molecular weight is 363 g/mol. The van der Waals surface area contributed by atoms with E-state index in [9.17, 15) is 9.59 Å². The lowest BCUT2D eigenvalue weighted by atomic mass is 10.0. The summed E-state index contributed by atoms with van der Waals surface area (Å²) in [4.78, 5) is 27.9. The van der Waals surface area contributed by atoms with Gasteiger partial charge in [-0.1, -0.05) is 54.6 Å². The summed E-state index contributed by atoms with van der Waals surface area (Å²) in [6.45, 7) is 0.648. The summed E-state index contributed by atoms with van der Waals surface area (Å²) >= 11 is 1.39. The van der Waals surface area contributed by atoms with Crippen LogP contribution in [-0.4, -0.2) is 30.2 Å². The van der Waals surface area contributed by atoms with Gasteiger partial charge >= 0.3 is 0 Å². The molecule has 3 nitrogen and oxygen atoms in total. The van der Waals surface area contributed by atoms with Crippen LogP contribution in [0.2, 0.25) is 0 Å². The number of aryl methyl sites for hydroxylation is 1. The average Bonchev–Trinajstić information content (AvgIpc) is 3.22. The molecule has 0 fully saturated rings. The van der Waals surface area contributed by atoms with E-state index in [-0.39, 0.29) is 11.7 Å². The second-order valence-corrected chi connectivity index (χ2v) is 7.12. The van der Waals surface area contributed by atoms with Gasteiger partial charge in [-0.15, -0.1) is 11.3 Å². The van der Waals surface area contributed by atoms with E-state index in [1.54, 1.807) is 42.3 Å². The molecule has 0 aliphatic rings. The molecule has 132 valence electrons. The van der Waals surface area contributed by atoms with Gasteiger partial charge < -0.3 is 4.90 Å². The van der Waals surface area contributed by atoms with Crippen molar-refractivity contribution in [2.75, 3.05) is 13.6 Å². The Morgan fingerprint density at radius 2 is 1.58 bits per heavy atom. The summed E-state index contributed by atoms with van der Waals surface area (Å²) in [6.07, 6.45) is 1.81. The number of carbonyl (C=O) groups excluding carboxylic acids is 2. The van der Waals surface area contributed by atoms with Crippen molar-refractivity contribution in [1.82, 2.24) is 4.90 Å². The van der Waals surface area contributed by atoms with Gasteiger partial charge in [0.1, 0.15) is 0 Å². The molecule has 4 heteroatoms. The second kappa shape index (κ2) is 8.59. The standard InChI is InChI=1S/C22H21NO2S/c1-23(15-7-11-17-9-3-2-4-10-17)22(25)19-13-6-5-12-18(19)21(24)20-14-8-16-26-20/h2-6,8-10,12-14,16H,7,11,15H2,1H3. The Labute approximate surface area is 157 Å². The fourth-order valence-electron chi connectivity index (χ4n) is 2.88. The highest BCUT2D eigenvalue weighted by molar-refractivity contribution is 7.12. The van der Waals surface area contributed by atoms with Crippen molar-refractivity contribution in [3.8, 4) is 0 Å². The van der Waals surface area contributed by atoms with Gasteiger partial charge in [-0.2, -0.15) is 0 Å². The minimum absolute atomic E-state index is 0.0957. The summed E-state index contributed by atoms with van der Waals surface area (Å²) < 4.78 is 0. The van der Waals surface area contributed by atoms with Gasteiger partial charge in [0.25, 0.3) is 5.91 Å². The van der Waals surface area contributed by atoms with Crippen molar-refractivity contribution in [3.05, 3.63) is 93.7 Å². The zero-order valence-electron chi connectivity index (χ0n) is 14.7. The van der Waals surface area contributed by atoms with E-state index in [0.717, 1.165) is 12.8 Å². The summed E-state index contributed by atoms with van der Waals surface area (Å²) in [5, 5.41) is 1.87. The molecule has 3 rings (SSSR count). The van der Waals surface area contributed by atoms with Crippen LogP contribution in [0.3, 0.4) is 0 Å². The Balaban J connectivity index is 1.68. The SMILES string of the molecule is CN(CCCc1ccccc1)C(=O)c1ccccc1C(=O)c1cccs1. The van der Waals surface area contributed by atoms with E-state index in [0.29, 0.717) is 22.5 Å². The van der Waals surface area contributed by atoms with Crippen LogP contribution in [-0.2, 0) is 6.42 Å². The molecule has 0 N–H and O–H groups in total. The van der Waals surface area contributed by atoms with Crippen LogP contribution >= 0.6 is 11.3 Å². The number of hydrogen-bond acceptors (Lipinski definition) is 3. The van der Waals surface area contributed by atoms with E-state index in [4.69, 9.17) is 0 Å². The van der Waals surface area contributed by atoms with Gasteiger partial charge in [0, 0.05) is 19.2 Å². The van der Waals surface area contributed by atoms with Crippen LogP contribution in [0, 0.1) is 0 Å². The van der Waals surface area contributed by atoms with Gasteiger partial charge in [0.2, 0.25) is 5.78 Å². The topological polar surface area (TPSA) is 37.4 Å². The Hall–Kier alpha value is -2.72. The number of ketones is 1. The molecule has 1 amide bonds. The molecule has 0 atom stereocenters. The molecule has 26 heavy (non-hydrogen) atoms. The van der Waals surface area contributed by atoms with E-state index in [1.807, 2.05) is 29.6 Å². The van der Waals surface area contributed by atoms with Crippen molar-refractivity contribution in [2.24, 2.45) is 0 Å². The largest absolute Gasteiger partial charge is 0.342 e. The van der Waals surface area contributed by atoms with Gasteiger partial charge in [-0.25, -0.2) is 0 Å². The highest BCUT2D eigenvalue weighted by Gasteiger charge is 2.20. The van der Waals surface area contributed by atoms with Gasteiger partial charge in [0.15, 0.2) is 0 Å². The van der Waals surface area contributed by atoms with Crippen LogP contribution in [0.5, 0.6) is 0 Å². The second-order valence-electron chi connectivity index (χ2n) is 6.17. The predicted molar refractivity (Wildman–Crippen MR) is 106 cm³/mol. The monoisotopic (exact) mass is 363 g/mol. The zero-order valence-corrected chi connectivity index (χ0v) is 15.5. The van der Waals surface area contributed by atoms with Crippen LogP contribution in [0.4, 0.5) is 0 Å². The Morgan fingerprint density at radius 1 is 0.885 bits per heavy atom. The lowest BCUT2D eigenvalue weighted by Gasteiger charge is -2.18. The summed E-state index contributed by atoms with van der Waals surface area (Å²) in [5.41, 5.74) is 2.20. The number of hydrogen-bond donors (Lipinski definition) is 0. The number of carbonyl (C=O) groups is 2. The fraction of sp³-hybridized carbons (Fsp3) is 0.182. The number of nitrogens with zero attached hydrogens (tertiary/aromatic N) is 1. The maximum Gasteiger partial charge on any atom is 0.254 e. The molecule has 0 unspecified atom stereocenters. The van der Waals surface area contributed by atoms with Crippen LogP contribution < -0.4 is 0 Å². The molecule has 2 aromatic carbocycles. The summed E-state index contributed by atoms with van der Waals surface area (Å²) in [5.74, 6) is -0.208. The maximum absolute atomic E-state index is 12.9. The third-order valence-electron chi connectivity index (χ3n) is 4.30. The normalized spacial score (nSPS) is 10.5. The predicted octanol–water partition coefficient (Wildman–Crippen LogP) is 4.68. The highest BCUT2D eigenvalue weighted by Crippen LogP contribution is 2.19. The van der Waals surface area contributed by atoms with Gasteiger partial charge in [0.05, 0.1) is 10.4 Å². The first-order valence-corrected chi connectivity index (χ1v) is 9.51. The smallest absolute Gasteiger partial charge is 0.254 e. The van der Waals surface area contributed by atoms with Crippen molar-refractivity contribution < 1.29 is 9.59 Å². The molecule has 0 spiro atoms. The Bertz CT molecular complexity index is 872. The van der Waals surface area contributed by atoms with Gasteiger partial charge in [-0.05, 0) is 35.9 Å². The lowest BCUT2D eigenvalue weighted by Crippen LogP contribution is -2.29. The molecule has 1 aromatic heterocycles. The lowest BCUT2D eigenvalue weighted by molar-refractivity contribution is 0.0789. The molecule has 0 bridgehead atoms. The number of amides is 1. The van der Waals surface area contributed by atoms with Crippen LogP contribution in [0.15, 0.2) is 72.1 Å². The zero-order chi connectivity index (χ0) is 18.4. The third kappa shape index (κ3) is 4.27. The summed E-state index contributed by atoms with van der Waals surface area (Å²) in [7, 11) is 1.79. The maximum atomic E-state index is 12.9. The first-order valence-electron chi connectivity index (χ1n) is 8.63. The molecule has 3 aromatic rings. The number of rotatable bonds is 7. The molecular weight excluding hydrogens is 342 g/mol. The number of benzene rings is 2. The van der Waals surface area contributed by atoms with Crippen LogP contribution in [0.1, 0.15) is 37.6 Å². The first-order chi connectivity index (χ1) is 12.7. The first kappa shape index (κ1) is 18.1. The highest BCUT2D eigenvalue weighted by atomic mass is 32.1. The summed E-state index contributed by atoms with van der Waals surface area (Å²) in [6, 6.07) is 20.9. The van der Waals surface area contributed by atoms with E-state index < -0.39 is 0 Å². The fourth-order valence-corrected chi connectivity index (χ4v) is 3.56. The molecule has 0 aliphatic carbocycles. The Kier molecular flexibility index (Phi) is 5.97. The minimum Gasteiger partial charge on any atom is -0.342 e. The molecule has 0 radical (unpaired) electrons. The molecule has 0 aliphatic heterocycles. The van der Waals surface area contributed by atoms with Crippen LogP contribution in [0.25, 0.3) is 0 Å². The quantitative estimate of drug-likeness (QED) is 0.571. The van der Waals surface area contributed by atoms with Crippen molar-refractivity contribution in [3.63, 3.8) is 0 Å². The number of thiophene rings is 1. The Morgan fingerprint density at radius 3 is 2.27 bits per heavy atom. The van der Waals surface area contributed by atoms with E-state index >= 15 is 0 Å². The molecule has 0 saturated carbocycles. The molecular formula is C22H21NO2S. The van der Waals surface area contributed by atoms with Crippen molar-refractivity contribution in [2.45, 2.75) is 12.8 Å².